The van der Waals surface area contributed by atoms with Crippen molar-refractivity contribution in [3.63, 3.8) is 0 Å². The molecule has 1 heterocycles. The Kier molecular flexibility index (Phi) is 9.33. The molecule has 0 radical (unpaired) electrons. The van der Waals surface area contributed by atoms with Crippen LogP contribution in [0.15, 0.2) is 24.3 Å². The fraction of sp³-hybridized carbons (Fsp3) is 0.464. The molecule has 2 aromatic rings. The molecule has 0 fully saturated rings. The number of rotatable bonds is 13. The highest BCUT2D eigenvalue weighted by atomic mass is 16.5. The van der Waals surface area contributed by atoms with Crippen molar-refractivity contribution in [2.75, 3.05) is 13.2 Å². The van der Waals surface area contributed by atoms with Crippen molar-refractivity contribution in [3.8, 4) is 23.0 Å². The highest BCUT2D eigenvalue weighted by Crippen LogP contribution is 2.41. The van der Waals surface area contributed by atoms with Gasteiger partial charge in [0.15, 0.2) is 17.7 Å². The van der Waals surface area contributed by atoms with Gasteiger partial charge in [-0.25, -0.2) is 4.79 Å². The van der Waals surface area contributed by atoms with E-state index in [-0.39, 0.29) is 22.9 Å². The van der Waals surface area contributed by atoms with E-state index in [1.807, 2.05) is 6.92 Å². The summed E-state index contributed by atoms with van der Waals surface area (Å²) >= 11 is 0. The molecule has 0 spiro atoms. The van der Waals surface area contributed by atoms with Crippen LogP contribution >= 0.6 is 0 Å². The number of unbranched alkanes of at least 4 members (excludes halogenated alkanes) is 2. The minimum absolute atomic E-state index is 0.0961. The van der Waals surface area contributed by atoms with Gasteiger partial charge in [-0.1, -0.05) is 13.3 Å². The first-order valence-corrected chi connectivity index (χ1v) is 12.4. The van der Waals surface area contributed by atoms with Gasteiger partial charge in [0.25, 0.3) is 0 Å². The lowest BCUT2D eigenvalue weighted by atomic mass is 9.92. The van der Waals surface area contributed by atoms with Gasteiger partial charge in [0.1, 0.15) is 23.0 Å². The molecule has 1 aliphatic rings. The summed E-state index contributed by atoms with van der Waals surface area (Å²) in [4.78, 5) is 35.3. The monoisotopic (exact) mass is 498 g/mol. The molecule has 0 aromatic heterocycles. The number of aromatic hydroxyl groups is 1. The lowest BCUT2D eigenvalue weighted by Gasteiger charge is -2.28. The Hall–Kier alpha value is -3.55. The molecule has 2 N–H and O–H groups in total. The second kappa shape index (κ2) is 12.4. The molecule has 0 saturated heterocycles. The first-order chi connectivity index (χ1) is 17.2. The van der Waals surface area contributed by atoms with Gasteiger partial charge >= 0.3 is 5.97 Å². The summed E-state index contributed by atoms with van der Waals surface area (Å²) in [6.07, 6.45) is 3.74. The van der Waals surface area contributed by atoms with Gasteiger partial charge in [-0.15, -0.1) is 0 Å². The molecule has 0 bridgehead atoms. The number of carboxylic acid groups (broad SMARTS) is 1. The number of phenolic OH excluding ortho intramolecular Hbond substituents is 1. The Morgan fingerprint density at radius 1 is 1.00 bits per heavy atom. The Balaban J connectivity index is 1.59. The summed E-state index contributed by atoms with van der Waals surface area (Å²) in [5, 5.41) is 19.3. The summed E-state index contributed by atoms with van der Waals surface area (Å²) < 4.78 is 17.6. The van der Waals surface area contributed by atoms with E-state index in [4.69, 9.17) is 14.2 Å². The van der Waals surface area contributed by atoms with E-state index in [9.17, 15) is 24.6 Å². The number of fused-ring (bicyclic) bond motifs is 1. The SMILES string of the molecule is CCCc1c2c(cc(C(C)=O)c1OCCCCCOc1ccc(C(C)=O)c(O)c1)CCC(C(=O)O)O2. The average molecular weight is 499 g/mol. The molecular formula is C28H34O8. The molecule has 0 saturated carbocycles. The Morgan fingerprint density at radius 2 is 1.69 bits per heavy atom. The predicted molar refractivity (Wildman–Crippen MR) is 134 cm³/mol. The van der Waals surface area contributed by atoms with Gasteiger partial charge in [0.05, 0.1) is 24.3 Å². The van der Waals surface area contributed by atoms with Crippen molar-refractivity contribution in [3.05, 3.63) is 46.5 Å². The Labute approximate surface area is 211 Å². The quantitative estimate of drug-likeness (QED) is 0.287. The fourth-order valence-electron chi connectivity index (χ4n) is 4.31. The third-order valence-electron chi connectivity index (χ3n) is 6.15. The third-order valence-corrected chi connectivity index (χ3v) is 6.15. The summed E-state index contributed by atoms with van der Waals surface area (Å²) in [5.74, 6) is 0.140. The van der Waals surface area contributed by atoms with E-state index >= 15 is 0 Å². The maximum atomic E-state index is 12.4. The minimum atomic E-state index is -0.992. The summed E-state index contributed by atoms with van der Waals surface area (Å²) in [7, 11) is 0. The second-order valence-electron chi connectivity index (χ2n) is 9.00. The lowest BCUT2D eigenvalue weighted by molar-refractivity contribution is -0.145. The summed E-state index contributed by atoms with van der Waals surface area (Å²) in [6.45, 7) is 5.76. The maximum absolute atomic E-state index is 12.4. The number of phenols is 1. The van der Waals surface area contributed by atoms with E-state index in [1.165, 1.54) is 19.9 Å². The molecule has 3 rings (SSSR count). The van der Waals surface area contributed by atoms with E-state index in [2.05, 4.69) is 0 Å². The van der Waals surface area contributed by atoms with Crippen LogP contribution in [0.25, 0.3) is 0 Å². The first-order valence-electron chi connectivity index (χ1n) is 12.4. The number of hydrogen-bond donors (Lipinski definition) is 2. The molecule has 0 aliphatic carbocycles. The van der Waals surface area contributed by atoms with Crippen LogP contribution in [-0.2, 0) is 17.6 Å². The summed E-state index contributed by atoms with van der Waals surface area (Å²) in [5.41, 5.74) is 2.39. The zero-order valence-corrected chi connectivity index (χ0v) is 21.1. The van der Waals surface area contributed by atoms with E-state index in [0.29, 0.717) is 55.3 Å². The van der Waals surface area contributed by atoms with Crippen LogP contribution in [0.2, 0.25) is 0 Å². The topological polar surface area (TPSA) is 119 Å². The van der Waals surface area contributed by atoms with Gasteiger partial charge in [0, 0.05) is 11.6 Å². The van der Waals surface area contributed by atoms with Crippen molar-refractivity contribution < 1.29 is 38.8 Å². The number of aryl methyl sites for hydroxylation is 1. The summed E-state index contributed by atoms with van der Waals surface area (Å²) in [6, 6.07) is 6.42. The number of carbonyl (C=O) groups is 3. The van der Waals surface area contributed by atoms with E-state index in [1.54, 1.807) is 18.2 Å². The van der Waals surface area contributed by atoms with E-state index < -0.39 is 12.1 Å². The van der Waals surface area contributed by atoms with Crippen LogP contribution in [-0.4, -0.2) is 47.1 Å². The van der Waals surface area contributed by atoms with Crippen molar-refractivity contribution >= 4 is 17.5 Å². The molecule has 1 atom stereocenters. The molecule has 0 amide bonds. The van der Waals surface area contributed by atoms with Gasteiger partial charge in [-0.3, -0.25) is 9.59 Å². The van der Waals surface area contributed by atoms with Crippen LogP contribution in [0.3, 0.4) is 0 Å². The normalized spacial score (nSPS) is 14.5. The molecule has 8 heteroatoms. The third kappa shape index (κ3) is 6.56. The number of aliphatic carboxylic acids is 1. The smallest absolute Gasteiger partial charge is 0.344 e. The predicted octanol–water partition coefficient (Wildman–Crippen LogP) is 5.16. The zero-order chi connectivity index (χ0) is 26.2. The molecular weight excluding hydrogens is 464 g/mol. The van der Waals surface area contributed by atoms with Gasteiger partial charge in [-0.2, -0.15) is 0 Å². The first kappa shape index (κ1) is 27.0. The zero-order valence-electron chi connectivity index (χ0n) is 21.1. The molecule has 2 aromatic carbocycles. The molecule has 194 valence electrons. The highest BCUT2D eigenvalue weighted by Gasteiger charge is 2.31. The maximum Gasteiger partial charge on any atom is 0.344 e. The number of benzene rings is 2. The highest BCUT2D eigenvalue weighted by molar-refractivity contribution is 5.98. The number of carboxylic acids is 1. The standard InChI is InChI=1S/C28H34O8/c1-4-8-22-26-19(9-12-25(36-26)28(32)33)15-23(18(3)30)27(22)35-14-7-5-6-13-34-20-10-11-21(17(2)29)24(31)16-20/h10-11,15-16,25,31H,4-9,12-14H2,1-3H3,(H,32,33). The Bertz CT molecular complexity index is 1120. The Morgan fingerprint density at radius 3 is 2.31 bits per heavy atom. The van der Waals surface area contributed by atoms with Crippen LogP contribution in [0.5, 0.6) is 23.0 Å². The van der Waals surface area contributed by atoms with Crippen molar-refractivity contribution in [1.29, 1.82) is 0 Å². The van der Waals surface area contributed by atoms with Crippen LogP contribution in [0, 0.1) is 0 Å². The average Bonchev–Trinajstić information content (AvgIpc) is 2.83. The number of Topliss-reactive ketones (excluding diaryl/α,β-unsaturated/α-hetero) is 2. The molecule has 1 aliphatic heterocycles. The lowest BCUT2D eigenvalue weighted by Crippen LogP contribution is -2.31. The van der Waals surface area contributed by atoms with Crippen LogP contribution in [0.1, 0.15) is 84.7 Å². The largest absolute Gasteiger partial charge is 0.507 e. The molecule has 8 nitrogen and oxygen atoms in total. The van der Waals surface area contributed by atoms with Crippen molar-refractivity contribution in [1.82, 2.24) is 0 Å². The van der Waals surface area contributed by atoms with Crippen molar-refractivity contribution in [2.45, 2.75) is 71.8 Å². The number of ketones is 2. The minimum Gasteiger partial charge on any atom is -0.507 e. The number of ether oxygens (including phenoxy) is 3. The van der Waals surface area contributed by atoms with Crippen LogP contribution < -0.4 is 14.2 Å². The van der Waals surface area contributed by atoms with E-state index in [0.717, 1.165) is 36.8 Å². The number of carbonyl (C=O) groups excluding carboxylic acids is 2. The van der Waals surface area contributed by atoms with Gasteiger partial charge < -0.3 is 24.4 Å². The number of hydrogen-bond acceptors (Lipinski definition) is 7. The fourth-order valence-corrected chi connectivity index (χ4v) is 4.31. The molecule has 1 unspecified atom stereocenters. The van der Waals surface area contributed by atoms with Gasteiger partial charge in [-0.05, 0) is 76.1 Å². The molecule has 36 heavy (non-hydrogen) atoms. The van der Waals surface area contributed by atoms with Crippen molar-refractivity contribution in [2.24, 2.45) is 0 Å². The second-order valence-corrected chi connectivity index (χ2v) is 9.00. The van der Waals surface area contributed by atoms with Gasteiger partial charge in [0.2, 0.25) is 0 Å². The van der Waals surface area contributed by atoms with Crippen LogP contribution in [0.4, 0.5) is 0 Å².